The zero-order chi connectivity index (χ0) is 21.7. The topological polar surface area (TPSA) is 88.9 Å². The van der Waals surface area contributed by atoms with Gasteiger partial charge in [-0.1, -0.05) is 44.2 Å². The Morgan fingerprint density at radius 1 is 0.967 bits per heavy atom. The second-order valence-electron chi connectivity index (χ2n) is 7.67. The number of benzene rings is 2. The van der Waals surface area contributed by atoms with E-state index in [0.717, 1.165) is 16.8 Å². The lowest BCUT2D eigenvalue weighted by molar-refractivity contribution is -0.124. The number of amides is 2. The molecule has 3 aromatic rings. The van der Waals surface area contributed by atoms with Gasteiger partial charge in [0, 0.05) is 5.56 Å². The highest BCUT2D eigenvalue weighted by molar-refractivity contribution is 5.98. The molecule has 7 heteroatoms. The summed E-state index contributed by atoms with van der Waals surface area (Å²) in [5.74, 6) is -0.508. The van der Waals surface area contributed by atoms with Crippen LogP contribution in [0.15, 0.2) is 61.2 Å². The second-order valence-corrected chi connectivity index (χ2v) is 7.67. The third-order valence-electron chi connectivity index (χ3n) is 5.06. The maximum Gasteiger partial charge on any atom is 0.252 e. The number of nitrogens with zero attached hydrogens (tertiary/aromatic N) is 3. The van der Waals surface area contributed by atoms with Gasteiger partial charge in [0.1, 0.15) is 18.7 Å². The van der Waals surface area contributed by atoms with Gasteiger partial charge in [0.25, 0.3) is 5.91 Å². The average Bonchev–Trinajstić information content (AvgIpc) is 3.26. The number of rotatable bonds is 7. The number of nitrogens with one attached hydrogen (secondary N) is 2. The van der Waals surface area contributed by atoms with Gasteiger partial charge < -0.3 is 10.6 Å². The Morgan fingerprint density at radius 2 is 1.67 bits per heavy atom. The molecule has 3 rings (SSSR count). The van der Waals surface area contributed by atoms with Crippen LogP contribution in [-0.4, -0.2) is 32.6 Å². The second kappa shape index (κ2) is 9.35. The maximum atomic E-state index is 12.9. The third-order valence-corrected chi connectivity index (χ3v) is 5.06. The fourth-order valence-electron chi connectivity index (χ4n) is 3.23. The van der Waals surface area contributed by atoms with E-state index in [2.05, 4.69) is 20.7 Å². The molecule has 0 spiro atoms. The van der Waals surface area contributed by atoms with Crippen LogP contribution in [0.2, 0.25) is 0 Å². The molecule has 0 saturated carbocycles. The Balaban J connectivity index is 1.67. The van der Waals surface area contributed by atoms with Crippen molar-refractivity contribution in [3.8, 4) is 5.69 Å². The molecule has 156 valence electrons. The first-order valence-corrected chi connectivity index (χ1v) is 9.98. The van der Waals surface area contributed by atoms with Gasteiger partial charge in [-0.3, -0.25) is 9.59 Å². The molecule has 0 saturated heterocycles. The number of aryl methyl sites for hydroxylation is 1. The summed E-state index contributed by atoms with van der Waals surface area (Å²) in [4.78, 5) is 29.6. The Morgan fingerprint density at radius 3 is 2.27 bits per heavy atom. The minimum absolute atomic E-state index is 0.0557. The summed E-state index contributed by atoms with van der Waals surface area (Å²) in [6, 6.07) is 14.2. The lowest BCUT2D eigenvalue weighted by Crippen LogP contribution is -2.50. The summed E-state index contributed by atoms with van der Waals surface area (Å²) in [7, 11) is 0. The predicted octanol–water partition coefficient (Wildman–Crippen LogP) is 3.21. The molecule has 0 radical (unpaired) electrons. The molecule has 1 heterocycles. The SMILES string of the molecule is Cc1ccccc1C(=O)NC(C(=O)NC(C)c1ccc(-n2cncn2)cc1)C(C)C. The van der Waals surface area contributed by atoms with Crippen molar-refractivity contribution in [2.45, 2.75) is 39.8 Å². The van der Waals surface area contributed by atoms with E-state index >= 15 is 0 Å². The van der Waals surface area contributed by atoms with Crippen molar-refractivity contribution >= 4 is 11.8 Å². The molecule has 30 heavy (non-hydrogen) atoms. The Kier molecular flexibility index (Phi) is 6.61. The lowest BCUT2D eigenvalue weighted by atomic mass is 10.0. The van der Waals surface area contributed by atoms with Crippen molar-refractivity contribution in [3.05, 3.63) is 77.9 Å². The van der Waals surface area contributed by atoms with Crippen LogP contribution >= 0.6 is 0 Å². The molecule has 2 amide bonds. The van der Waals surface area contributed by atoms with E-state index in [1.807, 2.05) is 70.2 Å². The molecule has 0 bridgehead atoms. The van der Waals surface area contributed by atoms with Gasteiger partial charge in [0.05, 0.1) is 11.7 Å². The number of hydrogen-bond donors (Lipinski definition) is 2. The summed E-state index contributed by atoms with van der Waals surface area (Å²) in [5, 5.41) is 10.0. The Labute approximate surface area is 176 Å². The van der Waals surface area contributed by atoms with Gasteiger partial charge in [0.2, 0.25) is 5.91 Å². The van der Waals surface area contributed by atoms with Crippen LogP contribution in [0.5, 0.6) is 0 Å². The summed E-state index contributed by atoms with van der Waals surface area (Å²) in [5.41, 5.74) is 3.30. The van der Waals surface area contributed by atoms with Crippen molar-refractivity contribution in [2.24, 2.45) is 5.92 Å². The van der Waals surface area contributed by atoms with Gasteiger partial charge in [-0.25, -0.2) is 9.67 Å². The summed E-state index contributed by atoms with van der Waals surface area (Å²) < 4.78 is 1.67. The van der Waals surface area contributed by atoms with Crippen LogP contribution in [0.4, 0.5) is 0 Å². The molecule has 0 aliphatic rings. The Hall–Kier alpha value is -3.48. The molecule has 2 aromatic carbocycles. The zero-order valence-corrected chi connectivity index (χ0v) is 17.7. The fourth-order valence-corrected chi connectivity index (χ4v) is 3.23. The quantitative estimate of drug-likeness (QED) is 0.632. The highest BCUT2D eigenvalue weighted by Gasteiger charge is 2.26. The summed E-state index contributed by atoms with van der Waals surface area (Å²) in [6.45, 7) is 7.63. The molecule has 0 fully saturated rings. The van der Waals surface area contributed by atoms with E-state index in [1.54, 1.807) is 17.1 Å². The molecule has 2 N–H and O–H groups in total. The zero-order valence-electron chi connectivity index (χ0n) is 17.7. The lowest BCUT2D eigenvalue weighted by Gasteiger charge is -2.24. The van der Waals surface area contributed by atoms with Crippen molar-refractivity contribution < 1.29 is 9.59 Å². The van der Waals surface area contributed by atoms with Crippen LogP contribution in [-0.2, 0) is 4.79 Å². The van der Waals surface area contributed by atoms with Crippen molar-refractivity contribution in [1.29, 1.82) is 0 Å². The van der Waals surface area contributed by atoms with Crippen molar-refractivity contribution in [1.82, 2.24) is 25.4 Å². The first-order valence-electron chi connectivity index (χ1n) is 9.98. The maximum absolute atomic E-state index is 12.9. The van der Waals surface area contributed by atoms with Crippen LogP contribution in [0.3, 0.4) is 0 Å². The molecule has 0 aliphatic carbocycles. The highest BCUT2D eigenvalue weighted by atomic mass is 16.2. The van der Waals surface area contributed by atoms with Crippen LogP contribution in [0, 0.1) is 12.8 Å². The van der Waals surface area contributed by atoms with Crippen LogP contribution < -0.4 is 10.6 Å². The smallest absolute Gasteiger partial charge is 0.252 e. The van der Waals surface area contributed by atoms with Gasteiger partial charge in [-0.15, -0.1) is 0 Å². The first kappa shape index (κ1) is 21.2. The normalized spacial score (nSPS) is 13.0. The Bertz CT molecular complexity index is 997. The molecule has 2 unspecified atom stereocenters. The van der Waals surface area contributed by atoms with E-state index in [9.17, 15) is 9.59 Å². The highest BCUT2D eigenvalue weighted by Crippen LogP contribution is 2.16. The largest absolute Gasteiger partial charge is 0.348 e. The van der Waals surface area contributed by atoms with E-state index in [0.29, 0.717) is 5.56 Å². The number of aromatic nitrogens is 3. The third kappa shape index (κ3) is 4.92. The summed E-state index contributed by atoms with van der Waals surface area (Å²) >= 11 is 0. The molecule has 2 atom stereocenters. The van der Waals surface area contributed by atoms with Gasteiger partial charge in [-0.2, -0.15) is 5.10 Å². The van der Waals surface area contributed by atoms with Crippen molar-refractivity contribution in [2.75, 3.05) is 0 Å². The monoisotopic (exact) mass is 405 g/mol. The number of carbonyl (C=O) groups excluding carboxylic acids is 2. The van der Waals surface area contributed by atoms with Gasteiger partial charge in [0.15, 0.2) is 0 Å². The molecule has 0 aliphatic heterocycles. The van der Waals surface area contributed by atoms with E-state index in [4.69, 9.17) is 0 Å². The predicted molar refractivity (Wildman–Crippen MR) is 115 cm³/mol. The van der Waals surface area contributed by atoms with E-state index in [1.165, 1.54) is 6.33 Å². The standard InChI is InChI=1S/C23H27N5O2/c1-15(2)21(27-22(29)20-8-6-5-7-16(20)3)23(30)26-17(4)18-9-11-19(12-10-18)28-14-24-13-25-28/h5-15,17,21H,1-4H3,(H,26,30)(H,27,29). The summed E-state index contributed by atoms with van der Waals surface area (Å²) in [6.07, 6.45) is 3.11. The molecule has 1 aromatic heterocycles. The molecular weight excluding hydrogens is 378 g/mol. The minimum atomic E-state index is -0.631. The number of carbonyl (C=O) groups is 2. The first-order chi connectivity index (χ1) is 14.4. The van der Waals surface area contributed by atoms with E-state index in [-0.39, 0.29) is 23.8 Å². The van der Waals surface area contributed by atoms with Crippen LogP contribution in [0.1, 0.15) is 48.3 Å². The van der Waals surface area contributed by atoms with Crippen molar-refractivity contribution in [3.63, 3.8) is 0 Å². The van der Waals surface area contributed by atoms with E-state index < -0.39 is 6.04 Å². The van der Waals surface area contributed by atoms with Crippen LogP contribution in [0.25, 0.3) is 5.69 Å². The molecular formula is C23H27N5O2. The fraction of sp³-hybridized carbons (Fsp3) is 0.304. The van der Waals surface area contributed by atoms with Gasteiger partial charge in [-0.05, 0) is 49.1 Å². The van der Waals surface area contributed by atoms with Gasteiger partial charge >= 0.3 is 0 Å². The molecule has 7 nitrogen and oxygen atoms in total. The average molecular weight is 406 g/mol. The number of hydrogen-bond acceptors (Lipinski definition) is 4. The minimum Gasteiger partial charge on any atom is -0.348 e.